The molecule has 0 heterocycles. The molecule has 0 N–H and O–H groups in total. The third-order valence-electron chi connectivity index (χ3n) is 1.90. The SMILES string of the molecule is COP(=O)(OC)OC(C#N)C(F)(F)C(F)(F)C(F)(F)F. The summed E-state index contributed by atoms with van der Waals surface area (Å²) < 4.78 is 110. The summed E-state index contributed by atoms with van der Waals surface area (Å²) in [4.78, 5) is 0. The topological polar surface area (TPSA) is 68.6 Å². The van der Waals surface area contributed by atoms with E-state index in [-0.39, 0.29) is 0 Å². The van der Waals surface area contributed by atoms with Gasteiger partial charge in [0.2, 0.25) is 6.10 Å². The molecule has 0 aromatic carbocycles. The van der Waals surface area contributed by atoms with Crippen LogP contribution in [0, 0.1) is 11.3 Å². The quantitative estimate of drug-likeness (QED) is 0.552. The molecule has 0 fully saturated rings. The van der Waals surface area contributed by atoms with E-state index in [0.717, 1.165) is 0 Å². The molecule has 118 valence electrons. The Labute approximate surface area is 107 Å². The molecule has 0 aromatic rings. The number of nitriles is 1. The molecule has 5 nitrogen and oxygen atoms in total. The van der Waals surface area contributed by atoms with E-state index >= 15 is 0 Å². The average molecular weight is 333 g/mol. The van der Waals surface area contributed by atoms with Gasteiger partial charge >= 0.3 is 25.8 Å². The Hall–Kier alpha value is -0.890. The highest BCUT2D eigenvalue weighted by Gasteiger charge is 2.76. The van der Waals surface area contributed by atoms with Crippen LogP contribution in [0.4, 0.5) is 30.7 Å². The summed E-state index contributed by atoms with van der Waals surface area (Å²) in [5, 5.41) is 8.26. The Morgan fingerprint density at radius 1 is 1.05 bits per heavy atom. The predicted octanol–water partition coefficient (Wildman–Crippen LogP) is 3.13. The first kappa shape index (κ1) is 19.1. The van der Waals surface area contributed by atoms with Crippen LogP contribution in [0.2, 0.25) is 0 Å². The molecular formula is C7H7F7NO4P. The van der Waals surface area contributed by atoms with Crippen LogP contribution < -0.4 is 0 Å². The molecule has 0 saturated heterocycles. The number of phosphoric ester groups is 1. The molecule has 1 atom stereocenters. The molecule has 0 radical (unpaired) electrons. The van der Waals surface area contributed by atoms with Gasteiger partial charge in [-0.05, 0) is 0 Å². The van der Waals surface area contributed by atoms with Crippen molar-refractivity contribution < 1.29 is 48.9 Å². The number of halogens is 7. The van der Waals surface area contributed by atoms with Crippen LogP contribution in [0.3, 0.4) is 0 Å². The van der Waals surface area contributed by atoms with E-state index in [1.165, 1.54) is 0 Å². The molecular weight excluding hydrogens is 326 g/mol. The van der Waals surface area contributed by atoms with Gasteiger partial charge < -0.3 is 0 Å². The van der Waals surface area contributed by atoms with Crippen molar-refractivity contribution in [3.05, 3.63) is 0 Å². The second kappa shape index (κ2) is 5.85. The van der Waals surface area contributed by atoms with Crippen LogP contribution in [0.15, 0.2) is 0 Å². The number of rotatable bonds is 6. The van der Waals surface area contributed by atoms with Gasteiger partial charge in [-0.25, -0.2) is 4.57 Å². The van der Waals surface area contributed by atoms with Gasteiger partial charge in [0.25, 0.3) is 0 Å². The Morgan fingerprint density at radius 3 is 1.70 bits per heavy atom. The minimum absolute atomic E-state index is 0.360. The number of hydrogen-bond acceptors (Lipinski definition) is 5. The molecule has 0 aliphatic rings. The minimum Gasteiger partial charge on any atom is -0.290 e. The molecule has 0 aromatic heterocycles. The first-order valence-electron chi connectivity index (χ1n) is 4.41. The molecule has 0 aliphatic carbocycles. The van der Waals surface area contributed by atoms with Crippen LogP contribution >= 0.6 is 7.82 Å². The maximum absolute atomic E-state index is 13.1. The minimum atomic E-state index is -6.65. The zero-order chi connectivity index (χ0) is 16.4. The molecule has 20 heavy (non-hydrogen) atoms. The first-order valence-corrected chi connectivity index (χ1v) is 5.87. The zero-order valence-corrected chi connectivity index (χ0v) is 10.6. The van der Waals surface area contributed by atoms with Gasteiger partial charge in [-0.2, -0.15) is 36.0 Å². The van der Waals surface area contributed by atoms with Gasteiger partial charge in [0.1, 0.15) is 6.07 Å². The fraction of sp³-hybridized carbons (Fsp3) is 0.857. The van der Waals surface area contributed by atoms with Crippen molar-refractivity contribution in [1.29, 1.82) is 5.26 Å². The number of phosphoric acid groups is 1. The lowest BCUT2D eigenvalue weighted by atomic mass is 10.1. The average Bonchev–Trinajstić information content (AvgIpc) is 2.33. The molecule has 0 spiro atoms. The second-order valence-corrected chi connectivity index (χ2v) is 4.96. The summed E-state index contributed by atoms with van der Waals surface area (Å²) in [6.07, 6.45) is -10.4. The predicted molar refractivity (Wildman–Crippen MR) is 48.1 cm³/mol. The van der Waals surface area contributed by atoms with Gasteiger partial charge in [-0.3, -0.25) is 13.6 Å². The fourth-order valence-corrected chi connectivity index (χ4v) is 1.57. The van der Waals surface area contributed by atoms with Crippen LogP contribution in [0.5, 0.6) is 0 Å². The monoisotopic (exact) mass is 333 g/mol. The van der Waals surface area contributed by atoms with E-state index in [9.17, 15) is 35.3 Å². The van der Waals surface area contributed by atoms with Crippen molar-refractivity contribution in [3.63, 3.8) is 0 Å². The lowest BCUT2D eigenvalue weighted by Crippen LogP contribution is -2.57. The standard InChI is InChI=1S/C7H7F7NO4P/c1-17-20(16,18-2)19-4(3-15)5(8,9)6(10,11)7(12,13)14/h4H,1-2H3. The Kier molecular flexibility index (Phi) is 5.59. The van der Waals surface area contributed by atoms with E-state index in [4.69, 9.17) is 5.26 Å². The van der Waals surface area contributed by atoms with E-state index in [0.29, 0.717) is 20.3 Å². The van der Waals surface area contributed by atoms with Gasteiger partial charge in [0.15, 0.2) is 0 Å². The molecule has 13 heteroatoms. The van der Waals surface area contributed by atoms with Crippen molar-refractivity contribution in [3.8, 4) is 6.07 Å². The Bertz CT molecular complexity index is 424. The molecule has 0 amide bonds. The molecule has 0 rings (SSSR count). The van der Waals surface area contributed by atoms with Gasteiger partial charge in [0, 0.05) is 14.2 Å². The van der Waals surface area contributed by atoms with Gasteiger partial charge in [-0.15, -0.1) is 0 Å². The molecule has 0 bridgehead atoms. The third-order valence-corrected chi connectivity index (χ3v) is 3.27. The maximum atomic E-state index is 13.1. The van der Waals surface area contributed by atoms with Gasteiger partial charge in [0.05, 0.1) is 0 Å². The summed E-state index contributed by atoms with van der Waals surface area (Å²) in [5.41, 5.74) is 0. The normalized spacial score (nSPS) is 15.8. The highest BCUT2D eigenvalue weighted by atomic mass is 31.2. The van der Waals surface area contributed by atoms with Crippen LogP contribution in [-0.2, 0) is 18.1 Å². The Morgan fingerprint density at radius 2 is 1.45 bits per heavy atom. The lowest BCUT2D eigenvalue weighted by Gasteiger charge is -2.31. The number of alkyl halides is 7. The Balaban J connectivity index is 5.57. The van der Waals surface area contributed by atoms with E-state index in [2.05, 4.69) is 13.6 Å². The van der Waals surface area contributed by atoms with Crippen LogP contribution in [0.1, 0.15) is 0 Å². The highest BCUT2D eigenvalue weighted by Crippen LogP contribution is 2.54. The van der Waals surface area contributed by atoms with Gasteiger partial charge in [-0.1, -0.05) is 0 Å². The van der Waals surface area contributed by atoms with Crippen molar-refractivity contribution >= 4 is 7.82 Å². The molecule has 1 unspecified atom stereocenters. The second-order valence-electron chi connectivity index (χ2n) is 3.12. The number of nitrogens with zero attached hydrogens (tertiary/aromatic N) is 1. The zero-order valence-electron chi connectivity index (χ0n) is 9.75. The fourth-order valence-electron chi connectivity index (χ4n) is 0.814. The van der Waals surface area contributed by atoms with Crippen LogP contribution in [-0.4, -0.2) is 38.3 Å². The number of hydrogen-bond donors (Lipinski definition) is 0. The maximum Gasteiger partial charge on any atom is 0.475 e. The summed E-state index contributed by atoms with van der Waals surface area (Å²) in [7, 11) is -3.71. The van der Waals surface area contributed by atoms with Crippen molar-refractivity contribution in [2.75, 3.05) is 14.2 Å². The van der Waals surface area contributed by atoms with Crippen molar-refractivity contribution in [2.45, 2.75) is 24.1 Å². The van der Waals surface area contributed by atoms with Crippen molar-refractivity contribution in [2.24, 2.45) is 0 Å². The van der Waals surface area contributed by atoms with E-state index in [1.54, 1.807) is 0 Å². The highest BCUT2D eigenvalue weighted by molar-refractivity contribution is 7.48. The third kappa shape index (κ3) is 3.41. The lowest BCUT2D eigenvalue weighted by molar-refractivity contribution is -0.365. The molecule has 0 aliphatic heterocycles. The summed E-state index contributed by atoms with van der Waals surface area (Å²) in [6.45, 7) is 0. The summed E-state index contributed by atoms with van der Waals surface area (Å²) in [6, 6.07) is 0.360. The van der Waals surface area contributed by atoms with Crippen molar-refractivity contribution in [1.82, 2.24) is 0 Å². The smallest absolute Gasteiger partial charge is 0.290 e. The summed E-state index contributed by atoms with van der Waals surface area (Å²) >= 11 is 0. The van der Waals surface area contributed by atoms with E-state index in [1.807, 2.05) is 0 Å². The largest absolute Gasteiger partial charge is 0.475 e. The first-order chi connectivity index (χ1) is 8.79. The molecule has 0 saturated carbocycles. The van der Waals surface area contributed by atoms with E-state index < -0.39 is 31.9 Å². The van der Waals surface area contributed by atoms with Crippen LogP contribution in [0.25, 0.3) is 0 Å². The summed E-state index contributed by atoms with van der Waals surface area (Å²) in [5.74, 6) is -12.6.